The topological polar surface area (TPSA) is 47.6 Å². The van der Waals surface area contributed by atoms with E-state index in [0.29, 0.717) is 23.7 Å². The Balaban J connectivity index is 1.44. The molecule has 0 aromatic heterocycles. The molecule has 1 amide bonds. The minimum absolute atomic E-state index is 0.135. The molecule has 1 aliphatic rings. The van der Waals surface area contributed by atoms with Crippen LogP contribution in [0.2, 0.25) is 0 Å². The summed E-state index contributed by atoms with van der Waals surface area (Å²) in [7, 11) is 4.00. The number of amides is 1. The SMILES string of the molecule is C[C@H]1CN(Cc2cccc(-c3cc(CNC(=O)c4cccc(CN(C)C)c4)ccc3F)c2)CCN1. The van der Waals surface area contributed by atoms with Crippen LogP contribution in [0.3, 0.4) is 0 Å². The fourth-order valence-electron chi connectivity index (χ4n) is 4.62. The smallest absolute Gasteiger partial charge is 0.251 e. The lowest BCUT2D eigenvalue weighted by atomic mass is 10.00. The van der Waals surface area contributed by atoms with Crippen molar-refractivity contribution < 1.29 is 9.18 Å². The van der Waals surface area contributed by atoms with Gasteiger partial charge in [0.1, 0.15) is 5.82 Å². The first-order valence-electron chi connectivity index (χ1n) is 12.2. The van der Waals surface area contributed by atoms with Gasteiger partial charge in [0.15, 0.2) is 0 Å². The normalized spacial score (nSPS) is 16.4. The van der Waals surface area contributed by atoms with E-state index in [9.17, 15) is 9.18 Å². The van der Waals surface area contributed by atoms with Gasteiger partial charge < -0.3 is 15.5 Å². The van der Waals surface area contributed by atoms with E-state index in [1.54, 1.807) is 6.07 Å². The van der Waals surface area contributed by atoms with Crippen LogP contribution in [0, 0.1) is 5.82 Å². The van der Waals surface area contributed by atoms with Crippen LogP contribution in [-0.4, -0.2) is 55.5 Å². The molecule has 3 aromatic rings. The summed E-state index contributed by atoms with van der Waals surface area (Å²) in [6, 6.07) is 21.3. The molecule has 6 heteroatoms. The molecule has 1 heterocycles. The predicted molar refractivity (Wildman–Crippen MR) is 140 cm³/mol. The minimum Gasteiger partial charge on any atom is -0.348 e. The van der Waals surface area contributed by atoms with Gasteiger partial charge in [-0.2, -0.15) is 0 Å². The highest BCUT2D eigenvalue weighted by molar-refractivity contribution is 5.94. The zero-order valence-electron chi connectivity index (χ0n) is 20.9. The predicted octanol–water partition coefficient (Wildman–Crippen LogP) is 4.28. The van der Waals surface area contributed by atoms with Crippen LogP contribution in [0.25, 0.3) is 11.1 Å². The van der Waals surface area contributed by atoms with Gasteiger partial charge >= 0.3 is 0 Å². The van der Waals surface area contributed by atoms with Gasteiger partial charge in [0, 0.05) is 56.4 Å². The van der Waals surface area contributed by atoms with Gasteiger partial charge in [-0.3, -0.25) is 9.69 Å². The van der Waals surface area contributed by atoms with Crippen molar-refractivity contribution in [3.63, 3.8) is 0 Å². The van der Waals surface area contributed by atoms with Gasteiger partial charge in [-0.15, -0.1) is 0 Å². The molecule has 1 saturated heterocycles. The van der Waals surface area contributed by atoms with Crippen molar-refractivity contribution in [1.82, 2.24) is 20.4 Å². The van der Waals surface area contributed by atoms with E-state index in [-0.39, 0.29) is 11.7 Å². The van der Waals surface area contributed by atoms with E-state index in [1.165, 1.54) is 11.6 Å². The number of benzene rings is 3. The van der Waals surface area contributed by atoms with Crippen molar-refractivity contribution in [2.45, 2.75) is 32.6 Å². The summed E-state index contributed by atoms with van der Waals surface area (Å²) in [6.45, 7) is 7.16. The van der Waals surface area contributed by atoms with Gasteiger partial charge in [-0.1, -0.05) is 36.4 Å². The summed E-state index contributed by atoms with van der Waals surface area (Å²) in [4.78, 5) is 17.2. The number of rotatable bonds is 8. The molecule has 5 nitrogen and oxygen atoms in total. The lowest BCUT2D eigenvalue weighted by Crippen LogP contribution is -2.48. The largest absolute Gasteiger partial charge is 0.348 e. The molecule has 0 spiro atoms. The summed E-state index contributed by atoms with van der Waals surface area (Å²) in [5.41, 5.74) is 5.16. The van der Waals surface area contributed by atoms with Crippen molar-refractivity contribution in [3.8, 4) is 11.1 Å². The molecule has 184 valence electrons. The van der Waals surface area contributed by atoms with Crippen molar-refractivity contribution in [2.24, 2.45) is 0 Å². The van der Waals surface area contributed by atoms with Gasteiger partial charge in [0.05, 0.1) is 0 Å². The van der Waals surface area contributed by atoms with Crippen LogP contribution < -0.4 is 10.6 Å². The Morgan fingerprint density at radius 2 is 1.86 bits per heavy atom. The molecule has 3 aromatic carbocycles. The van der Waals surface area contributed by atoms with Gasteiger partial charge in [0.25, 0.3) is 5.91 Å². The first-order valence-corrected chi connectivity index (χ1v) is 12.2. The van der Waals surface area contributed by atoms with Crippen molar-refractivity contribution in [1.29, 1.82) is 0 Å². The zero-order chi connectivity index (χ0) is 24.8. The Labute approximate surface area is 208 Å². The van der Waals surface area contributed by atoms with E-state index in [2.05, 4.69) is 39.5 Å². The second-order valence-electron chi connectivity index (χ2n) is 9.73. The first-order chi connectivity index (χ1) is 16.9. The lowest BCUT2D eigenvalue weighted by Gasteiger charge is -2.31. The molecule has 1 aliphatic heterocycles. The molecule has 1 atom stereocenters. The lowest BCUT2D eigenvalue weighted by molar-refractivity contribution is 0.0950. The summed E-state index contributed by atoms with van der Waals surface area (Å²) in [5.74, 6) is -0.395. The number of nitrogens with one attached hydrogen (secondary N) is 2. The maximum atomic E-state index is 14.8. The van der Waals surface area contributed by atoms with E-state index >= 15 is 0 Å². The van der Waals surface area contributed by atoms with Gasteiger partial charge in [0.2, 0.25) is 0 Å². The maximum absolute atomic E-state index is 14.8. The fraction of sp³-hybridized carbons (Fsp3) is 0.345. The third-order valence-electron chi connectivity index (χ3n) is 6.27. The minimum atomic E-state index is -0.260. The third kappa shape index (κ3) is 6.98. The Morgan fingerprint density at radius 3 is 2.66 bits per heavy atom. The number of halogens is 1. The molecule has 1 fully saturated rings. The van der Waals surface area contributed by atoms with Crippen LogP contribution in [0.1, 0.15) is 34.0 Å². The first kappa shape index (κ1) is 25.0. The maximum Gasteiger partial charge on any atom is 0.251 e. The Morgan fingerprint density at radius 1 is 1.06 bits per heavy atom. The Hall–Kier alpha value is -3.06. The average molecular weight is 475 g/mol. The molecular weight excluding hydrogens is 439 g/mol. The van der Waals surface area contributed by atoms with Crippen molar-refractivity contribution in [2.75, 3.05) is 33.7 Å². The highest BCUT2D eigenvalue weighted by atomic mass is 19.1. The fourth-order valence-corrected chi connectivity index (χ4v) is 4.62. The summed E-state index contributed by atoms with van der Waals surface area (Å²) < 4.78 is 14.8. The Kier molecular flexibility index (Phi) is 8.29. The highest BCUT2D eigenvalue weighted by Crippen LogP contribution is 2.26. The van der Waals surface area contributed by atoms with E-state index in [4.69, 9.17) is 0 Å². The van der Waals surface area contributed by atoms with Crippen LogP contribution in [0.4, 0.5) is 4.39 Å². The summed E-state index contributed by atoms with van der Waals surface area (Å²) >= 11 is 0. The number of piperazine rings is 1. The molecule has 0 radical (unpaired) electrons. The van der Waals surface area contributed by atoms with Gasteiger partial charge in [-0.25, -0.2) is 4.39 Å². The molecule has 2 N–H and O–H groups in total. The number of carbonyl (C=O) groups excluding carboxylic acids is 1. The van der Waals surface area contributed by atoms with E-state index in [1.807, 2.05) is 56.6 Å². The van der Waals surface area contributed by atoms with Gasteiger partial charge in [-0.05, 0) is 73.6 Å². The molecular formula is C29H35FN4O. The molecule has 0 unspecified atom stereocenters. The zero-order valence-corrected chi connectivity index (χ0v) is 20.9. The number of nitrogens with zero attached hydrogens (tertiary/aromatic N) is 2. The van der Waals surface area contributed by atoms with Crippen LogP contribution in [0.15, 0.2) is 66.7 Å². The number of hydrogen-bond donors (Lipinski definition) is 2. The second-order valence-corrected chi connectivity index (χ2v) is 9.73. The van der Waals surface area contributed by atoms with Crippen LogP contribution in [0.5, 0.6) is 0 Å². The summed E-state index contributed by atoms with van der Waals surface area (Å²) in [6.07, 6.45) is 0. The molecule has 0 saturated carbocycles. The van der Waals surface area contributed by atoms with Crippen molar-refractivity contribution >= 4 is 5.91 Å². The third-order valence-corrected chi connectivity index (χ3v) is 6.27. The highest BCUT2D eigenvalue weighted by Gasteiger charge is 2.16. The molecule has 0 aliphatic carbocycles. The number of hydrogen-bond acceptors (Lipinski definition) is 4. The quantitative estimate of drug-likeness (QED) is 0.512. The van der Waals surface area contributed by atoms with E-state index < -0.39 is 0 Å². The average Bonchev–Trinajstić information content (AvgIpc) is 2.83. The summed E-state index contributed by atoms with van der Waals surface area (Å²) in [5, 5.41) is 6.44. The Bertz CT molecular complexity index is 1160. The van der Waals surface area contributed by atoms with E-state index in [0.717, 1.165) is 49.4 Å². The standard InChI is InChI=1S/C29H35FN4O/c1-21-18-34(13-12-31-21)20-24-7-4-8-25(14-24)27-16-22(10-11-28(27)30)17-32-29(35)26-9-5-6-23(15-26)19-33(2)3/h4-11,14-16,21,31H,12-13,17-20H2,1-3H3,(H,32,35)/t21-/m0/s1. The molecule has 4 rings (SSSR count). The molecule has 35 heavy (non-hydrogen) atoms. The number of carbonyl (C=O) groups is 1. The second kappa shape index (κ2) is 11.6. The van der Waals surface area contributed by atoms with Crippen molar-refractivity contribution in [3.05, 3.63) is 94.8 Å². The molecule has 0 bridgehead atoms. The van der Waals surface area contributed by atoms with Crippen LogP contribution in [-0.2, 0) is 19.6 Å². The van der Waals surface area contributed by atoms with Crippen LogP contribution >= 0.6 is 0 Å². The monoisotopic (exact) mass is 474 g/mol.